The molecule has 0 N–H and O–H groups in total. The summed E-state index contributed by atoms with van der Waals surface area (Å²) in [6.07, 6.45) is 7.44. The first-order valence-electron chi connectivity index (χ1n) is 13.4. The Labute approximate surface area is 213 Å². The molecule has 1 aliphatic heterocycles. The first-order valence-corrected chi connectivity index (χ1v) is 14.2. The van der Waals surface area contributed by atoms with Gasteiger partial charge in [-0.1, -0.05) is 38.8 Å². The van der Waals surface area contributed by atoms with E-state index in [9.17, 15) is 9.59 Å². The van der Waals surface area contributed by atoms with Gasteiger partial charge < -0.3 is 14.5 Å². The molecule has 0 bridgehead atoms. The summed E-state index contributed by atoms with van der Waals surface area (Å²) < 4.78 is 6.23. The van der Waals surface area contributed by atoms with Crippen molar-refractivity contribution in [2.24, 2.45) is 11.8 Å². The summed E-state index contributed by atoms with van der Waals surface area (Å²) in [5.41, 5.74) is 2.49. The van der Waals surface area contributed by atoms with Crippen LogP contribution in [-0.2, 0) is 16.0 Å². The van der Waals surface area contributed by atoms with Gasteiger partial charge in [-0.15, -0.1) is 11.3 Å². The van der Waals surface area contributed by atoms with Crippen LogP contribution in [0.3, 0.4) is 0 Å². The summed E-state index contributed by atoms with van der Waals surface area (Å²) in [6.45, 7) is 6.41. The molecule has 2 aliphatic carbocycles. The molecule has 3 aliphatic rings. The van der Waals surface area contributed by atoms with Gasteiger partial charge in [0, 0.05) is 23.9 Å². The zero-order chi connectivity index (χ0) is 24.4. The van der Waals surface area contributed by atoms with E-state index in [1.807, 2.05) is 21.9 Å². The summed E-state index contributed by atoms with van der Waals surface area (Å²) >= 11 is 1.76. The maximum atomic E-state index is 13.7. The van der Waals surface area contributed by atoms with Crippen molar-refractivity contribution in [2.45, 2.75) is 70.8 Å². The van der Waals surface area contributed by atoms with Crippen molar-refractivity contribution in [1.29, 1.82) is 0 Å². The predicted octanol–water partition coefficient (Wildman–Crippen LogP) is 5.81. The van der Waals surface area contributed by atoms with E-state index in [0.717, 1.165) is 44.4 Å². The summed E-state index contributed by atoms with van der Waals surface area (Å²) in [7, 11) is 0. The molecule has 0 saturated heterocycles. The van der Waals surface area contributed by atoms with Crippen LogP contribution in [0.1, 0.15) is 80.3 Å². The lowest BCUT2D eigenvalue weighted by Gasteiger charge is -2.37. The van der Waals surface area contributed by atoms with Gasteiger partial charge in [-0.3, -0.25) is 9.59 Å². The third kappa shape index (κ3) is 5.74. The Bertz CT molecular complexity index is 1020. The van der Waals surface area contributed by atoms with Crippen LogP contribution in [0.15, 0.2) is 35.7 Å². The Hall–Kier alpha value is -2.34. The zero-order valence-corrected chi connectivity index (χ0v) is 21.9. The lowest BCUT2D eigenvalue weighted by Crippen LogP contribution is -2.49. The van der Waals surface area contributed by atoms with Crippen molar-refractivity contribution in [3.8, 4) is 5.75 Å². The van der Waals surface area contributed by atoms with Crippen molar-refractivity contribution in [3.63, 3.8) is 0 Å². The molecule has 1 aromatic heterocycles. The smallest absolute Gasteiger partial charge is 0.242 e. The molecule has 2 saturated carbocycles. The molecule has 2 fully saturated rings. The second-order valence-corrected chi connectivity index (χ2v) is 11.8. The average Bonchev–Trinajstić information content (AvgIpc) is 3.31. The third-order valence-corrected chi connectivity index (χ3v) is 8.88. The van der Waals surface area contributed by atoms with Crippen LogP contribution in [0.25, 0.3) is 0 Å². The van der Waals surface area contributed by atoms with Gasteiger partial charge in [0.15, 0.2) is 0 Å². The Morgan fingerprint density at radius 3 is 2.51 bits per heavy atom. The largest absolute Gasteiger partial charge is 0.491 e. The zero-order valence-electron chi connectivity index (χ0n) is 21.1. The molecule has 0 spiro atoms. The number of benzene rings is 1. The Kier molecular flexibility index (Phi) is 7.47. The van der Waals surface area contributed by atoms with E-state index in [1.165, 1.54) is 28.8 Å². The summed E-state index contributed by atoms with van der Waals surface area (Å²) in [5.74, 6) is 2.25. The number of ether oxygens (including phenoxy) is 1. The van der Waals surface area contributed by atoms with Crippen LogP contribution < -0.4 is 4.74 Å². The van der Waals surface area contributed by atoms with Gasteiger partial charge in [-0.2, -0.15) is 0 Å². The Balaban J connectivity index is 1.29. The molecule has 5 rings (SSSR count). The van der Waals surface area contributed by atoms with E-state index in [1.54, 1.807) is 11.3 Å². The fourth-order valence-electron chi connectivity index (χ4n) is 5.53. The lowest BCUT2D eigenvalue weighted by atomic mass is 10.00. The Morgan fingerprint density at radius 1 is 1.09 bits per heavy atom. The monoisotopic (exact) mass is 494 g/mol. The van der Waals surface area contributed by atoms with E-state index in [-0.39, 0.29) is 30.3 Å². The number of carbonyl (C=O) groups is 2. The van der Waals surface area contributed by atoms with Crippen LogP contribution in [-0.4, -0.2) is 47.9 Å². The van der Waals surface area contributed by atoms with Crippen molar-refractivity contribution in [3.05, 3.63) is 51.7 Å². The van der Waals surface area contributed by atoms with Crippen molar-refractivity contribution >= 4 is 23.2 Å². The normalized spacial score (nSPS) is 20.2. The van der Waals surface area contributed by atoms with Gasteiger partial charge in [0.05, 0.1) is 12.6 Å². The van der Waals surface area contributed by atoms with E-state index in [2.05, 4.69) is 37.4 Å². The number of amides is 2. The minimum absolute atomic E-state index is 0.0533. The highest BCUT2D eigenvalue weighted by Gasteiger charge is 2.36. The SMILES string of the molecule is CC(C)c1ccc(OC[C@H]2c3ccsc3CCN2C(=O)CN(CC2CC2)C(=O)C2CCCC2)cc1. The fraction of sp³-hybridized carbons (Fsp3) is 0.586. The summed E-state index contributed by atoms with van der Waals surface area (Å²) in [6, 6.07) is 10.3. The lowest BCUT2D eigenvalue weighted by molar-refractivity contribution is -0.145. The molecular weight excluding hydrogens is 456 g/mol. The predicted molar refractivity (Wildman–Crippen MR) is 140 cm³/mol. The molecule has 5 nitrogen and oxygen atoms in total. The molecule has 2 amide bonds. The number of carbonyl (C=O) groups excluding carboxylic acids is 2. The van der Waals surface area contributed by atoms with Gasteiger partial charge in [0.2, 0.25) is 11.8 Å². The molecule has 0 unspecified atom stereocenters. The van der Waals surface area contributed by atoms with Gasteiger partial charge in [-0.05, 0) is 78.6 Å². The maximum Gasteiger partial charge on any atom is 0.242 e. The highest BCUT2D eigenvalue weighted by Crippen LogP contribution is 2.35. The van der Waals surface area contributed by atoms with Crippen molar-refractivity contribution in [1.82, 2.24) is 9.80 Å². The van der Waals surface area contributed by atoms with E-state index in [4.69, 9.17) is 4.74 Å². The maximum absolute atomic E-state index is 13.7. The second kappa shape index (κ2) is 10.7. The van der Waals surface area contributed by atoms with Crippen LogP contribution in [0.2, 0.25) is 0 Å². The number of rotatable bonds is 9. The molecule has 1 aromatic carbocycles. The first-order chi connectivity index (χ1) is 17.0. The number of fused-ring (bicyclic) bond motifs is 1. The highest BCUT2D eigenvalue weighted by atomic mass is 32.1. The van der Waals surface area contributed by atoms with Crippen molar-refractivity contribution in [2.75, 3.05) is 26.2 Å². The van der Waals surface area contributed by atoms with Crippen LogP contribution >= 0.6 is 11.3 Å². The quantitative estimate of drug-likeness (QED) is 0.442. The number of hydrogen-bond acceptors (Lipinski definition) is 4. The Morgan fingerprint density at radius 2 is 1.83 bits per heavy atom. The first kappa shape index (κ1) is 24.4. The molecule has 2 heterocycles. The fourth-order valence-corrected chi connectivity index (χ4v) is 6.46. The number of hydrogen-bond donors (Lipinski definition) is 0. The van der Waals surface area contributed by atoms with Crippen LogP contribution in [0.5, 0.6) is 5.75 Å². The molecule has 6 heteroatoms. The van der Waals surface area contributed by atoms with Crippen LogP contribution in [0, 0.1) is 11.8 Å². The average molecular weight is 495 g/mol. The van der Waals surface area contributed by atoms with Crippen molar-refractivity contribution < 1.29 is 14.3 Å². The summed E-state index contributed by atoms with van der Waals surface area (Å²) in [5, 5.41) is 2.12. The molecular formula is C29H38N2O3S. The standard InChI is InChI=1S/C29H38N2O3S/c1-20(2)22-9-11-24(12-10-22)34-19-26-25-14-16-35-27(25)13-15-31(26)28(32)18-30(17-21-7-8-21)29(33)23-5-3-4-6-23/h9-12,14,16,20-21,23,26H,3-8,13,15,17-19H2,1-2H3/t26-/m0/s1. The molecule has 35 heavy (non-hydrogen) atoms. The molecule has 2 aromatic rings. The van der Waals surface area contributed by atoms with E-state index >= 15 is 0 Å². The van der Waals surface area contributed by atoms with E-state index in [0.29, 0.717) is 25.0 Å². The summed E-state index contributed by atoms with van der Waals surface area (Å²) in [4.78, 5) is 32.2. The van der Waals surface area contributed by atoms with Gasteiger partial charge in [0.1, 0.15) is 12.4 Å². The second-order valence-electron chi connectivity index (χ2n) is 10.8. The molecule has 0 radical (unpaired) electrons. The number of nitrogens with zero attached hydrogens (tertiary/aromatic N) is 2. The van der Waals surface area contributed by atoms with Gasteiger partial charge in [-0.25, -0.2) is 0 Å². The minimum atomic E-state index is -0.119. The van der Waals surface area contributed by atoms with E-state index < -0.39 is 0 Å². The highest BCUT2D eigenvalue weighted by molar-refractivity contribution is 7.10. The van der Waals surface area contributed by atoms with Gasteiger partial charge in [0.25, 0.3) is 0 Å². The van der Waals surface area contributed by atoms with Gasteiger partial charge >= 0.3 is 0 Å². The molecule has 188 valence electrons. The van der Waals surface area contributed by atoms with Crippen LogP contribution in [0.4, 0.5) is 0 Å². The number of thiophene rings is 1. The molecule has 1 atom stereocenters. The third-order valence-electron chi connectivity index (χ3n) is 7.89. The minimum Gasteiger partial charge on any atom is -0.491 e. The topological polar surface area (TPSA) is 49.9 Å².